The average Bonchev–Trinajstić information content (AvgIpc) is 2.81. The molecule has 0 aliphatic heterocycles. The summed E-state index contributed by atoms with van der Waals surface area (Å²) >= 11 is 0. The van der Waals surface area contributed by atoms with Crippen molar-refractivity contribution in [3.8, 4) is 28.4 Å². The first kappa shape index (κ1) is 22.2. The van der Waals surface area contributed by atoms with E-state index in [-0.39, 0.29) is 6.61 Å². The van der Waals surface area contributed by atoms with Gasteiger partial charge in [0.15, 0.2) is 6.10 Å². The van der Waals surface area contributed by atoms with Crippen molar-refractivity contribution in [2.24, 2.45) is 0 Å². The highest BCUT2D eigenvalue weighted by Gasteiger charge is 2.16. The quantitative estimate of drug-likeness (QED) is 0.427. The van der Waals surface area contributed by atoms with Gasteiger partial charge in [0.05, 0.1) is 13.2 Å². The first-order valence-corrected chi connectivity index (χ1v) is 10.1. The lowest BCUT2D eigenvalue weighted by Crippen LogP contribution is -2.29. The third-order valence-corrected chi connectivity index (χ3v) is 4.57. The molecule has 0 fully saturated rings. The van der Waals surface area contributed by atoms with Gasteiger partial charge in [0.2, 0.25) is 0 Å². The molecule has 3 aromatic carbocycles. The van der Waals surface area contributed by atoms with Crippen LogP contribution < -0.4 is 14.2 Å². The number of carboxylic acids is 1. The van der Waals surface area contributed by atoms with Crippen molar-refractivity contribution in [3.63, 3.8) is 0 Å². The zero-order chi connectivity index (χ0) is 21.9. The van der Waals surface area contributed by atoms with E-state index < -0.39 is 12.1 Å². The molecule has 0 saturated carbocycles. The molecule has 0 bridgehead atoms. The summed E-state index contributed by atoms with van der Waals surface area (Å²) in [6, 6.07) is 25.2. The van der Waals surface area contributed by atoms with Crippen LogP contribution in [0.5, 0.6) is 17.2 Å². The minimum absolute atomic E-state index is 0.0617. The molecule has 162 valence electrons. The largest absolute Gasteiger partial charge is 0.493 e. The first-order valence-electron chi connectivity index (χ1n) is 10.1. The summed E-state index contributed by atoms with van der Waals surface area (Å²) in [4.78, 5) is 10.9. The molecule has 6 nitrogen and oxygen atoms in total. The van der Waals surface area contributed by atoms with E-state index in [4.69, 9.17) is 24.1 Å². The van der Waals surface area contributed by atoms with E-state index in [1.165, 1.54) is 7.11 Å². The van der Waals surface area contributed by atoms with Crippen molar-refractivity contribution in [2.45, 2.75) is 12.5 Å². The lowest BCUT2D eigenvalue weighted by atomic mass is 10.1. The van der Waals surface area contributed by atoms with Gasteiger partial charge in [-0.2, -0.15) is 0 Å². The standard InChI is InChI=1S/C25H26O6/c1-28-24(25(26)27)18-31-21-14-12-20(13-15-21)29-16-7-17-30-23-11-6-5-10-22(23)19-8-3-2-4-9-19/h2-6,8-15,24H,7,16-18H2,1H3,(H,26,27)/t24-/m0/s1. The van der Waals surface area contributed by atoms with Gasteiger partial charge in [0.25, 0.3) is 0 Å². The molecular formula is C25H26O6. The fourth-order valence-corrected chi connectivity index (χ4v) is 2.92. The van der Waals surface area contributed by atoms with Crippen LogP contribution >= 0.6 is 0 Å². The van der Waals surface area contributed by atoms with E-state index in [0.717, 1.165) is 23.3 Å². The normalized spacial score (nSPS) is 11.5. The van der Waals surface area contributed by atoms with Gasteiger partial charge < -0.3 is 24.1 Å². The van der Waals surface area contributed by atoms with Crippen LogP contribution in [0.1, 0.15) is 6.42 Å². The number of methoxy groups -OCH3 is 1. The molecule has 0 aliphatic carbocycles. The van der Waals surface area contributed by atoms with Crippen molar-refractivity contribution in [3.05, 3.63) is 78.9 Å². The predicted octanol–water partition coefficient (Wildman–Crippen LogP) is 4.68. The SMILES string of the molecule is CO[C@@H](COc1ccc(OCCCOc2ccccc2-c2ccccc2)cc1)C(=O)O. The fraction of sp³-hybridized carbons (Fsp3) is 0.240. The van der Waals surface area contributed by atoms with Gasteiger partial charge in [-0.05, 0) is 35.9 Å². The molecule has 0 radical (unpaired) electrons. The summed E-state index contributed by atoms with van der Waals surface area (Å²) < 4.78 is 22.0. The summed E-state index contributed by atoms with van der Waals surface area (Å²) in [6.07, 6.45) is -0.266. The van der Waals surface area contributed by atoms with Crippen LogP contribution in [0.15, 0.2) is 78.9 Å². The number of hydrogen-bond donors (Lipinski definition) is 1. The number of carbonyl (C=O) groups is 1. The van der Waals surface area contributed by atoms with E-state index in [1.54, 1.807) is 24.3 Å². The predicted molar refractivity (Wildman–Crippen MR) is 118 cm³/mol. The van der Waals surface area contributed by atoms with Crippen LogP contribution in [0.2, 0.25) is 0 Å². The number of aliphatic carboxylic acids is 1. The van der Waals surface area contributed by atoms with E-state index in [0.29, 0.717) is 24.7 Å². The molecule has 0 spiro atoms. The van der Waals surface area contributed by atoms with Crippen molar-refractivity contribution < 1.29 is 28.8 Å². The molecule has 0 aliphatic rings. The van der Waals surface area contributed by atoms with E-state index in [1.807, 2.05) is 36.4 Å². The number of carboxylic acid groups (broad SMARTS) is 1. The molecule has 0 unspecified atom stereocenters. The molecule has 0 aromatic heterocycles. The monoisotopic (exact) mass is 422 g/mol. The average molecular weight is 422 g/mol. The Bertz CT molecular complexity index is 940. The highest BCUT2D eigenvalue weighted by molar-refractivity contribution is 5.72. The summed E-state index contributed by atoms with van der Waals surface area (Å²) in [7, 11) is 1.34. The Morgan fingerprint density at radius 2 is 1.42 bits per heavy atom. The molecule has 1 atom stereocenters. The third-order valence-electron chi connectivity index (χ3n) is 4.57. The van der Waals surface area contributed by atoms with Gasteiger partial charge in [-0.25, -0.2) is 4.79 Å². The van der Waals surface area contributed by atoms with E-state index in [2.05, 4.69) is 18.2 Å². The minimum Gasteiger partial charge on any atom is -0.493 e. The van der Waals surface area contributed by atoms with Gasteiger partial charge in [-0.1, -0.05) is 48.5 Å². The Morgan fingerprint density at radius 3 is 2.10 bits per heavy atom. The third kappa shape index (κ3) is 6.76. The van der Waals surface area contributed by atoms with Gasteiger partial charge in [-0.3, -0.25) is 0 Å². The second-order valence-corrected chi connectivity index (χ2v) is 6.76. The molecular weight excluding hydrogens is 396 g/mol. The lowest BCUT2D eigenvalue weighted by Gasteiger charge is -2.13. The Hall–Kier alpha value is -3.51. The number of rotatable bonds is 12. The van der Waals surface area contributed by atoms with Gasteiger partial charge in [0.1, 0.15) is 23.9 Å². The Balaban J connectivity index is 1.41. The number of hydrogen-bond acceptors (Lipinski definition) is 5. The van der Waals surface area contributed by atoms with E-state index >= 15 is 0 Å². The summed E-state index contributed by atoms with van der Waals surface area (Å²) in [5.74, 6) is 1.05. The fourth-order valence-electron chi connectivity index (χ4n) is 2.92. The number of benzene rings is 3. The molecule has 6 heteroatoms. The summed E-state index contributed by atoms with van der Waals surface area (Å²) in [6.45, 7) is 0.991. The molecule has 31 heavy (non-hydrogen) atoms. The lowest BCUT2D eigenvalue weighted by molar-refractivity contribution is -0.150. The molecule has 3 aromatic rings. The van der Waals surface area contributed by atoms with Crippen molar-refractivity contribution >= 4 is 5.97 Å². The van der Waals surface area contributed by atoms with Gasteiger partial charge in [0, 0.05) is 19.1 Å². The van der Waals surface area contributed by atoms with Crippen LogP contribution in [0.4, 0.5) is 0 Å². The maximum Gasteiger partial charge on any atom is 0.336 e. The summed E-state index contributed by atoms with van der Waals surface area (Å²) in [5, 5.41) is 8.95. The molecule has 0 heterocycles. The van der Waals surface area contributed by atoms with Crippen molar-refractivity contribution in [2.75, 3.05) is 26.9 Å². The van der Waals surface area contributed by atoms with Gasteiger partial charge in [-0.15, -0.1) is 0 Å². The molecule has 0 amide bonds. The van der Waals surface area contributed by atoms with Crippen molar-refractivity contribution in [1.82, 2.24) is 0 Å². The van der Waals surface area contributed by atoms with Gasteiger partial charge >= 0.3 is 5.97 Å². The van der Waals surface area contributed by atoms with Crippen molar-refractivity contribution in [1.29, 1.82) is 0 Å². The van der Waals surface area contributed by atoms with Crippen LogP contribution in [0.3, 0.4) is 0 Å². The first-order chi connectivity index (χ1) is 15.2. The zero-order valence-corrected chi connectivity index (χ0v) is 17.4. The smallest absolute Gasteiger partial charge is 0.336 e. The van der Waals surface area contributed by atoms with Crippen LogP contribution in [-0.2, 0) is 9.53 Å². The Labute approximate surface area is 182 Å². The molecule has 3 rings (SSSR count). The van der Waals surface area contributed by atoms with E-state index in [9.17, 15) is 4.79 Å². The zero-order valence-electron chi connectivity index (χ0n) is 17.4. The Morgan fingerprint density at radius 1 is 0.806 bits per heavy atom. The maximum atomic E-state index is 10.9. The summed E-state index contributed by atoms with van der Waals surface area (Å²) in [5.41, 5.74) is 2.19. The minimum atomic E-state index is -1.06. The molecule has 1 N–H and O–H groups in total. The second kappa shape index (κ2) is 11.6. The van der Waals surface area contributed by atoms with Crippen LogP contribution in [0.25, 0.3) is 11.1 Å². The number of ether oxygens (including phenoxy) is 4. The number of para-hydroxylation sites is 1. The topological polar surface area (TPSA) is 74.2 Å². The highest BCUT2D eigenvalue weighted by Crippen LogP contribution is 2.29. The molecule has 0 saturated heterocycles. The Kier molecular flexibility index (Phi) is 8.31. The van der Waals surface area contributed by atoms with Crippen LogP contribution in [0, 0.1) is 0 Å². The van der Waals surface area contributed by atoms with Crippen LogP contribution in [-0.4, -0.2) is 44.1 Å². The second-order valence-electron chi connectivity index (χ2n) is 6.76. The maximum absolute atomic E-state index is 10.9. The highest BCUT2D eigenvalue weighted by atomic mass is 16.5.